The molecule has 7 rings (SSSR count). The van der Waals surface area contributed by atoms with Crippen molar-refractivity contribution in [3.05, 3.63) is 77.8 Å². The van der Waals surface area contributed by atoms with Crippen molar-refractivity contribution >= 4 is 11.8 Å². The first-order valence-electron chi connectivity index (χ1n) is 13.4. The van der Waals surface area contributed by atoms with Crippen LogP contribution in [0.3, 0.4) is 0 Å². The Kier molecular flexibility index (Phi) is 6.65. The van der Waals surface area contributed by atoms with Crippen molar-refractivity contribution in [2.75, 3.05) is 19.6 Å². The van der Waals surface area contributed by atoms with Gasteiger partial charge in [0.25, 0.3) is 11.8 Å². The van der Waals surface area contributed by atoms with E-state index in [1.807, 2.05) is 48.2 Å². The van der Waals surface area contributed by atoms with Crippen LogP contribution in [0.5, 0.6) is 0 Å². The number of hydrogen-bond acceptors (Lipinski definition) is 5. The molecular formula is C29H35FN3O2S+. The first kappa shape index (κ1) is 24.1. The van der Waals surface area contributed by atoms with Crippen molar-refractivity contribution in [3.63, 3.8) is 0 Å². The van der Waals surface area contributed by atoms with Gasteiger partial charge < -0.3 is 14.0 Å². The second-order valence-corrected chi connectivity index (χ2v) is 12.4. The van der Waals surface area contributed by atoms with Crippen LogP contribution < -0.4 is 0 Å². The van der Waals surface area contributed by atoms with Crippen molar-refractivity contribution in [2.45, 2.75) is 67.2 Å². The Morgan fingerprint density at radius 2 is 1.75 bits per heavy atom. The average molecular weight is 509 g/mol. The summed E-state index contributed by atoms with van der Waals surface area (Å²) in [5.41, 5.74) is -0.415. The molecule has 0 unspecified atom stereocenters. The van der Waals surface area contributed by atoms with Crippen LogP contribution in [0.4, 0.5) is 4.39 Å². The zero-order chi connectivity index (χ0) is 24.6. The Balaban J connectivity index is 1.23. The van der Waals surface area contributed by atoms with E-state index in [-0.39, 0.29) is 11.7 Å². The Bertz CT molecular complexity index is 1170. The van der Waals surface area contributed by atoms with Gasteiger partial charge in [0, 0.05) is 23.7 Å². The molecule has 3 saturated heterocycles. The predicted molar refractivity (Wildman–Crippen MR) is 138 cm³/mol. The van der Waals surface area contributed by atoms with Crippen LogP contribution in [-0.2, 0) is 12.1 Å². The SMILES string of the molecule is O[C@](c1ccccc1)(c1nnc(C[N+]23CCC(CC2)[C@@H](Sc2cccc(F)c2)C3)o1)C1CCCCC1. The third-order valence-electron chi connectivity index (χ3n) is 8.80. The fraction of sp³-hybridized carbons (Fsp3) is 0.517. The minimum atomic E-state index is -1.25. The van der Waals surface area contributed by atoms with Gasteiger partial charge in [0.1, 0.15) is 5.82 Å². The van der Waals surface area contributed by atoms with Crippen LogP contribution in [0.1, 0.15) is 62.3 Å². The summed E-state index contributed by atoms with van der Waals surface area (Å²) in [7, 11) is 0. The van der Waals surface area contributed by atoms with E-state index in [9.17, 15) is 9.50 Å². The number of rotatable bonds is 7. The molecule has 0 spiro atoms. The normalized spacial score (nSPS) is 28.2. The maximum atomic E-state index is 13.8. The van der Waals surface area contributed by atoms with Gasteiger partial charge in [0.05, 0.1) is 24.9 Å². The van der Waals surface area contributed by atoms with Gasteiger partial charge >= 0.3 is 0 Å². The molecule has 4 aliphatic rings. The van der Waals surface area contributed by atoms with Crippen LogP contribution in [0, 0.1) is 17.7 Å². The van der Waals surface area contributed by atoms with Gasteiger partial charge in [0.2, 0.25) is 0 Å². The van der Waals surface area contributed by atoms with E-state index in [2.05, 4.69) is 10.2 Å². The number of quaternary nitrogens is 1. The summed E-state index contributed by atoms with van der Waals surface area (Å²) in [6.07, 6.45) is 7.71. The molecule has 7 heteroatoms. The molecule has 5 nitrogen and oxygen atoms in total. The van der Waals surface area contributed by atoms with Gasteiger partial charge in [-0.25, -0.2) is 4.39 Å². The molecule has 4 fully saturated rings. The molecule has 2 bridgehead atoms. The molecule has 1 N–H and O–H groups in total. The minimum Gasteiger partial charge on any atom is -0.416 e. The number of piperidine rings is 3. The number of benzene rings is 2. The lowest BCUT2D eigenvalue weighted by Gasteiger charge is -2.51. The molecule has 190 valence electrons. The molecule has 2 atom stereocenters. The number of thioether (sulfide) groups is 1. The Labute approximate surface area is 216 Å². The summed E-state index contributed by atoms with van der Waals surface area (Å²) in [6.45, 7) is 3.92. The summed E-state index contributed by atoms with van der Waals surface area (Å²) < 4.78 is 21.0. The highest BCUT2D eigenvalue weighted by atomic mass is 32.2. The molecule has 0 amide bonds. The Hall–Kier alpha value is -2.22. The van der Waals surface area contributed by atoms with E-state index in [4.69, 9.17) is 4.42 Å². The molecule has 36 heavy (non-hydrogen) atoms. The lowest BCUT2D eigenvalue weighted by Crippen LogP contribution is -2.62. The van der Waals surface area contributed by atoms with Gasteiger partial charge in [0.15, 0.2) is 12.1 Å². The lowest BCUT2D eigenvalue weighted by atomic mass is 9.73. The highest BCUT2D eigenvalue weighted by molar-refractivity contribution is 8.00. The van der Waals surface area contributed by atoms with E-state index in [1.165, 1.54) is 25.3 Å². The maximum absolute atomic E-state index is 13.8. The van der Waals surface area contributed by atoms with E-state index in [0.29, 0.717) is 29.5 Å². The third-order valence-corrected chi connectivity index (χ3v) is 10.2. The van der Waals surface area contributed by atoms with Gasteiger partial charge in [-0.3, -0.25) is 0 Å². The second kappa shape index (κ2) is 9.92. The summed E-state index contributed by atoms with van der Waals surface area (Å²) in [4.78, 5) is 1.01. The summed E-state index contributed by atoms with van der Waals surface area (Å²) in [6, 6.07) is 16.8. The van der Waals surface area contributed by atoms with E-state index in [0.717, 1.165) is 60.3 Å². The van der Waals surface area contributed by atoms with Crippen molar-refractivity contribution in [1.29, 1.82) is 0 Å². The van der Waals surface area contributed by atoms with Gasteiger partial charge in [-0.05, 0) is 42.5 Å². The molecule has 1 aromatic heterocycles. The Morgan fingerprint density at radius 3 is 2.50 bits per heavy atom. The molecule has 1 aliphatic carbocycles. The van der Waals surface area contributed by atoms with Gasteiger partial charge in [-0.1, -0.05) is 55.7 Å². The van der Waals surface area contributed by atoms with Crippen molar-refractivity contribution in [2.24, 2.45) is 11.8 Å². The third kappa shape index (κ3) is 4.61. The van der Waals surface area contributed by atoms with Crippen LogP contribution in [0.2, 0.25) is 0 Å². The highest BCUT2D eigenvalue weighted by Crippen LogP contribution is 2.45. The number of fused-ring (bicyclic) bond motifs is 3. The molecular weight excluding hydrogens is 473 g/mol. The number of halogens is 1. The topological polar surface area (TPSA) is 59.2 Å². The first-order valence-corrected chi connectivity index (χ1v) is 14.3. The van der Waals surface area contributed by atoms with E-state index in [1.54, 1.807) is 12.1 Å². The number of hydrogen-bond donors (Lipinski definition) is 1. The molecule has 3 aromatic rings. The van der Waals surface area contributed by atoms with Crippen molar-refractivity contribution in [3.8, 4) is 0 Å². The standard InChI is InChI=1S/C29H35FN3O2S/c30-24-12-7-13-25(18-24)36-26-19-33(16-14-21(26)15-17-33)20-27-31-32-28(35-27)29(34,22-8-3-1-4-9-22)23-10-5-2-6-11-23/h1,3-4,7-9,12-13,18,21,23,26,34H,2,5-6,10-11,14-17,19-20H2/q+1/t21?,26-,29-,33?/m0/s1. The largest absolute Gasteiger partial charge is 0.416 e. The monoisotopic (exact) mass is 508 g/mol. The van der Waals surface area contributed by atoms with E-state index >= 15 is 0 Å². The van der Waals surface area contributed by atoms with Crippen molar-refractivity contribution < 1.29 is 18.4 Å². The zero-order valence-corrected chi connectivity index (χ0v) is 21.5. The van der Waals surface area contributed by atoms with E-state index < -0.39 is 5.60 Å². The smallest absolute Gasteiger partial charge is 0.271 e. The number of aromatic nitrogens is 2. The van der Waals surface area contributed by atoms with Crippen LogP contribution >= 0.6 is 11.8 Å². The fourth-order valence-electron chi connectivity index (χ4n) is 6.80. The zero-order valence-electron chi connectivity index (χ0n) is 20.7. The highest BCUT2D eigenvalue weighted by Gasteiger charge is 2.48. The van der Waals surface area contributed by atoms with Gasteiger partial charge in [-0.2, -0.15) is 0 Å². The maximum Gasteiger partial charge on any atom is 0.271 e. The molecule has 0 radical (unpaired) electrons. The average Bonchev–Trinajstić information content (AvgIpc) is 3.38. The van der Waals surface area contributed by atoms with Crippen LogP contribution in [0.15, 0.2) is 63.9 Å². The van der Waals surface area contributed by atoms with Gasteiger partial charge in [-0.15, -0.1) is 22.0 Å². The number of nitrogens with zero attached hydrogens (tertiary/aromatic N) is 3. The molecule has 4 heterocycles. The molecule has 1 saturated carbocycles. The van der Waals surface area contributed by atoms with Crippen molar-refractivity contribution in [1.82, 2.24) is 10.2 Å². The summed E-state index contributed by atoms with van der Waals surface area (Å²) in [5.74, 6) is 1.53. The molecule has 2 aromatic carbocycles. The fourth-order valence-corrected chi connectivity index (χ4v) is 8.34. The first-order chi connectivity index (χ1) is 17.5. The summed E-state index contributed by atoms with van der Waals surface area (Å²) >= 11 is 1.81. The molecule has 3 aliphatic heterocycles. The quantitative estimate of drug-likeness (QED) is 0.401. The number of aliphatic hydroxyl groups is 1. The Morgan fingerprint density at radius 1 is 0.972 bits per heavy atom. The second-order valence-electron chi connectivity index (χ2n) is 11.0. The summed E-state index contributed by atoms with van der Waals surface area (Å²) in [5, 5.41) is 21.5. The minimum absolute atomic E-state index is 0.0757. The van der Waals surface area contributed by atoms with Crippen LogP contribution in [0.25, 0.3) is 0 Å². The predicted octanol–water partition coefficient (Wildman–Crippen LogP) is 5.93. The lowest BCUT2D eigenvalue weighted by molar-refractivity contribution is -0.955. The van der Waals surface area contributed by atoms with Crippen LogP contribution in [-0.4, -0.2) is 44.7 Å².